The fraction of sp³-hybridized carbons (Fsp3) is 0.136. The van der Waals surface area contributed by atoms with Gasteiger partial charge < -0.3 is 10.1 Å². The van der Waals surface area contributed by atoms with Gasteiger partial charge in [0.1, 0.15) is 11.8 Å². The van der Waals surface area contributed by atoms with Gasteiger partial charge >= 0.3 is 0 Å². The predicted molar refractivity (Wildman–Crippen MR) is 129 cm³/mol. The van der Waals surface area contributed by atoms with Crippen molar-refractivity contribution < 1.29 is 26.4 Å². The SMILES string of the molecule is COc1ccc(S(=O)(=O)N[C@H](Cc2ccccc2)C(=O)Nc2ccc(S(N)(=O)=O)cc2)cc1Cl. The molecule has 1 atom stereocenters. The van der Waals surface area contributed by atoms with E-state index in [9.17, 15) is 21.6 Å². The van der Waals surface area contributed by atoms with E-state index in [1.54, 1.807) is 30.3 Å². The molecule has 3 rings (SSSR count). The zero-order chi connectivity index (χ0) is 24.9. The highest BCUT2D eigenvalue weighted by molar-refractivity contribution is 7.89. The highest BCUT2D eigenvalue weighted by Crippen LogP contribution is 2.27. The number of primary sulfonamides is 1. The van der Waals surface area contributed by atoms with Gasteiger partial charge in [0.15, 0.2) is 0 Å². The van der Waals surface area contributed by atoms with Crippen LogP contribution < -0.4 is 19.9 Å². The average Bonchev–Trinajstić information content (AvgIpc) is 2.79. The number of rotatable bonds is 9. The molecule has 9 nitrogen and oxygen atoms in total. The Kier molecular flexibility index (Phi) is 7.95. The van der Waals surface area contributed by atoms with Crippen molar-refractivity contribution >= 4 is 43.2 Å². The van der Waals surface area contributed by atoms with Crippen molar-refractivity contribution in [2.45, 2.75) is 22.3 Å². The molecule has 12 heteroatoms. The quantitative estimate of drug-likeness (QED) is 0.393. The van der Waals surface area contributed by atoms with Crippen LogP contribution in [0.15, 0.2) is 82.6 Å². The van der Waals surface area contributed by atoms with E-state index >= 15 is 0 Å². The zero-order valence-corrected chi connectivity index (χ0v) is 20.3. The van der Waals surface area contributed by atoms with Gasteiger partial charge in [-0.05, 0) is 54.4 Å². The molecule has 0 aromatic heterocycles. The van der Waals surface area contributed by atoms with Gasteiger partial charge in [-0.1, -0.05) is 41.9 Å². The van der Waals surface area contributed by atoms with Crippen LogP contribution in [0.4, 0.5) is 5.69 Å². The van der Waals surface area contributed by atoms with Crippen LogP contribution in [0.25, 0.3) is 0 Å². The van der Waals surface area contributed by atoms with Crippen molar-refractivity contribution in [2.24, 2.45) is 5.14 Å². The van der Waals surface area contributed by atoms with Gasteiger partial charge in [0, 0.05) is 5.69 Å². The maximum Gasteiger partial charge on any atom is 0.242 e. The van der Waals surface area contributed by atoms with E-state index in [1.807, 2.05) is 0 Å². The second kappa shape index (κ2) is 10.5. The van der Waals surface area contributed by atoms with Gasteiger partial charge in [-0.3, -0.25) is 4.79 Å². The summed E-state index contributed by atoms with van der Waals surface area (Å²) in [6, 6.07) is 16.8. The number of ether oxygens (including phenoxy) is 1. The monoisotopic (exact) mass is 523 g/mol. The number of halogens is 1. The van der Waals surface area contributed by atoms with Gasteiger partial charge in [0.25, 0.3) is 0 Å². The largest absolute Gasteiger partial charge is 0.495 e. The first-order valence-corrected chi connectivity index (χ1v) is 13.2. The number of methoxy groups -OCH3 is 1. The van der Waals surface area contributed by atoms with E-state index in [1.165, 1.54) is 49.6 Å². The van der Waals surface area contributed by atoms with Crippen molar-refractivity contribution in [2.75, 3.05) is 12.4 Å². The van der Waals surface area contributed by atoms with Crippen LogP contribution in [-0.2, 0) is 31.3 Å². The average molecular weight is 524 g/mol. The van der Waals surface area contributed by atoms with Crippen LogP contribution in [0.5, 0.6) is 5.75 Å². The molecule has 0 unspecified atom stereocenters. The minimum atomic E-state index is -4.14. The first-order chi connectivity index (χ1) is 16.0. The molecule has 0 bridgehead atoms. The molecule has 1 amide bonds. The normalized spacial score (nSPS) is 12.7. The lowest BCUT2D eigenvalue weighted by Gasteiger charge is -2.19. The van der Waals surface area contributed by atoms with Gasteiger partial charge in [-0.15, -0.1) is 0 Å². The standard InChI is InChI=1S/C22H22ClN3O6S2/c1-32-21-12-11-18(14-19(21)23)34(30,31)26-20(13-15-5-3-2-4-6-15)22(27)25-16-7-9-17(10-8-16)33(24,28)29/h2-12,14,20,26H,13H2,1H3,(H,25,27)(H2,24,28,29)/t20-/m1/s1. The fourth-order valence-corrected chi connectivity index (χ4v) is 5.12. The Labute approximate surface area is 203 Å². The molecular weight excluding hydrogens is 502 g/mol. The van der Waals surface area contributed by atoms with Crippen LogP contribution in [0, 0.1) is 0 Å². The number of amides is 1. The summed E-state index contributed by atoms with van der Waals surface area (Å²) < 4.78 is 56.4. The number of nitrogens with two attached hydrogens (primary N) is 1. The Bertz CT molecular complexity index is 1380. The molecule has 0 saturated heterocycles. The Hall–Kier alpha value is -2.96. The lowest BCUT2D eigenvalue weighted by Crippen LogP contribution is -2.45. The molecule has 180 valence electrons. The van der Waals surface area contributed by atoms with Gasteiger partial charge in [0.2, 0.25) is 26.0 Å². The van der Waals surface area contributed by atoms with Gasteiger partial charge in [0.05, 0.1) is 21.9 Å². The molecule has 34 heavy (non-hydrogen) atoms. The smallest absolute Gasteiger partial charge is 0.242 e. The summed E-state index contributed by atoms with van der Waals surface area (Å²) in [4.78, 5) is 12.8. The number of carbonyl (C=O) groups excluding carboxylic acids is 1. The summed E-state index contributed by atoms with van der Waals surface area (Å²) in [5.74, 6) is -0.336. The fourth-order valence-electron chi connectivity index (χ4n) is 3.06. The molecule has 0 fully saturated rings. The van der Waals surface area contributed by atoms with Gasteiger partial charge in [-0.2, -0.15) is 4.72 Å². The van der Waals surface area contributed by atoms with Crippen LogP contribution in [0.1, 0.15) is 5.56 Å². The van der Waals surface area contributed by atoms with E-state index in [0.717, 1.165) is 5.56 Å². The molecular formula is C22H22ClN3O6S2. The van der Waals surface area contributed by atoms with E-state index < -0.39 is 32.0 Å². The number of benzene rings is 3. The second-order valence-electron chi connectivity index (χ2n) is 7.22. The van der Waals surface area contributed by atoms with Crippen molar-refractivity contribution in [1.29, 1.82) is 0 Å². The summed E-state index contributed by atoms with van der Waals surface area (Å²) in [5, 5.41) is 7.78. The molecule has 0 heterocycles. The Morgan fingerprint density at radius 2 is 1.59 bits per heavy atom. The van der Waals surface area contributed by atoms with Crippen LogP contribution in [0.3, 0.4) is 0 Å². The third-order valence-corrected chi connectivity index (χ3v) is 7.47. The first kappa shape index (κ1) is 25.7. The van der Waals surface area contributed by atoms with Crippen molar-refractivity contribution in [3.63, 3.8) is 0 Å². The number of hydrogen-bond acceptors (Lipinski definition) is 6. The third kappa shape index (κ3) is 6.55. The summed E-state index contributed by atoms with van der Waals surface area (Å²) in [6.07, 6.45) is 0.0606. The summed E-state index contributed by atoms with van der Waals surface area (Å²) in [5.41, 5.74) is 0.991. The maximum absolute atomic E-state index is 13.0. The second-order valence-corrected chi connectivity index (χ2v) is 10.9. The minimum Gasteiger partial charge on any atom is -0.495 e. The molecule has 0 aliphatic rings. The van der Waals surface area contributed by atoms with E-state index in [2.05, 4.69) is 10.0 Å². The molecule has 0 aliphatic heterocycles. The Morgan fingerprint density at radius 3 is 2.15 bits per heavy atom. The van der Waals surface area contributed by atoms with Crippen LogP contribution >= 0.6 is 11.6 Å². The van der Waals surface area contributed by atoms with Crippen molar-refractivity contribution in [3.8, 4) is 5.75 Å². The number of nitrogens with one attached hydrogen (secondary N) is 2. The molecule has 0 spiro atoms. The molecule has 0 aliphatic carbocycles. The molecule has 0 saturated carbocycles. The predicted octanol–water partition coefficient (Wildman–Crippen LogP) is 2.52. The number of anilines is 1. The minimum absolute atomic E-state index is 0.0606. The lowest BCUT2D eigenvalue weighted by atomic mass is 10.1. The summed E-state index contributed by atoms with van der Waals surface area (Å²) >= 11 is 6.07. The van der Waals surface area contributed by atoms with Crippen LogP contribution in [-0.4, -0.2) is 35.9 Å². The maximum atomic E-state index is 13.0. The summed E-state index contributed by atoms with van der Waals surface area (Å²) in [7, 11) is -6.62. The zero-order valence-electron chi connectivity index (χ0n) is 17.9. The number of sulfonamides is 2. The highest BCUT2D eigenvalue weighted by atomic mass is 35.5. The van der Waals surface area contributed by atoms with Crippen molar-refractivity contribution in [1.82, 2.24) is 4.72 Å². The number of carbonyl (C=O) groups is 1. The summed E-state index contributed by atoms with van der Waals surface area (Å²) in [6.45, 7) is 0. The molecule has 3 aromatic carbocycles. The highest BCUT2D eigenvalue weighted by Gasteiger charge is 2.27. The number of hydrogen-bond donors (Lipinski definition) is 3. The molecule has 4 N–H and O–H groups in total. The van der Waals surface area contributed by atoms with E-state index in [0.29, 0.717) is 5.75 Å². The Morgan fingerprint density at radius 1 is 0.971 bits per heavy atom. The molecule has 0 radical (unpaired) electrons. The molecule has 3 aromatic rings. The van der Waals surface area contributed by atoms with Crippen LogP contribution in [0.2, 0.25) is 5.02 Å². The third-order valence-electron chi connectivity index (χ3n) is 4.78. The topological polar surface area (TPSA) is 145 Å². The van der Waals surface area contributed by atoms with Gasteiger partial charge in [-0.25, -0.2) is 22.0 Å². The van der Waals surface area contributed by atoms with E-state index in [4.69, 9.17) is 21.5 Å². The first-order valence-electron chi connectivity index (χ1n) is 9.83. The van der Waals surface area contributed by atoms with E-state index in [-0.39, 0.29) is 26.9 Å². The van der Waals surface area contributed by atoms with Crippen molar-refractivity contribution in [3.05, 3.63) is 83.4 Å². The Balaban J connectivity index is 1.87. The lowest BCUT2D eigenvalue weighted by molar-refractivity contribution is -0.117.